The van der Waals surface area contributed by atoms with E-state index in [4.69, 9.17) is 106 Å². The van der Waals surface area contributed by atoms with Crippen LogP contribution in [0, 0.1) is 0 Å². The molecule has 592 valence electrons. The number of aromatic carboxylic acids is 1. The summed E-state index contributed by atoms with van der Waals surface area (Å²) in [6, 6.07) is 52.0. The van der Waals surface area contributed by atoms with E-state index < -0.39 is 34.4 Å². The molecule has 10 aromatic rings. The molecule has 2 aliphatic carbocycles. The highest BCUT2D eigenvalue weighted by molar-refractivity contribution is 8.13. The lowest BCUT2D eigenvalue weighted by molar-refractivity contribution is 0.0692. The van der Waals surface area contributed by atoms with Crippen LogP contribution in [0.4, 0.5) is 10.3 Å². The fraction of sp³-hybridized carbons (Fsp3) is 0.243. The molecule has 0 bridgehead atoms. The number of ether oxygens (including phenoxy) is 4. The highest BCUT2D eigenvalue weighted by atomic mass is 35.7. The molecule has 2 aromatic heterocycles. The SMILES string of the molecule is COc1ccc(Cl)cc1C(=O)NCCc1ccc(S(=O)(=O)Cl)cc1.COc1ccc(Cl)cc1C(=O)NCCc1ccc(S(=O)(=O)Nc2nnc(C3CC3)s2)cc1.COc1ccc(Cl)cc1C(=O)NCCc1ccccc1.COc1ccc(Cl)cc1C(=O)O.NCCc1ccccc1.Nc1nnc(C2CC2)s1.O=S(=O)(O)Cl. The van der Waals surface area contributed by atoms with Gasteiger partial charge < -0.3 is 51.5 Å². The number of nitrogen functional groups attached to an aromatic ring is 1. The Hall–Kier alpha value is -8.93. The van der Waals surface area contributed by atoms with Crippen LogP contribution >= 0.6 is 90.4 Å². The Bertz CT molecular complexity index is 5030. The molecule has 26 nitrogen and oxygen atoms in total. The number of carbonyl (C=O) groups is 4. The minimum absolute atomic E-state index is 0.0422. The molecule has 2 heterocycles. The summed E-state index contributed by atoms with van der Waals surface area (Å²) in [5.41, 5.74) is 16.2. The summed E-state index contributed by atoms with van der Waals surface area (Å²) in [6.07, 6.45) is 7.55. The fourth-order valence-electron chi connectivity index (χ4n) is 9.46. The number of anilines is 2. The summed E-state index contributed by atoms with van der Waals surface area (Å²) >= 11 is 26.2. The third-order valence-corrected chi connectivity index (χ3v) is 20.9. The molecule has 3 amide bonds. The van der Waals surface area contributed by atoms with Crippen molar-refractivity contribution in [2.75, 3.05) is 65.1 Å². The second kappa shape index (κ2) is 45.5. The van der Waals surface area contributed by atoms with Crippen molar-refractivity contribution >= 4 is 153 Å². The average Bonchev–Trinajstić information content (AvgIpc) is 1.72. The van der Waals surface area contributed by atoms with Crippen LogP contribution in [0.5, 0.6) is 23.0 Å². The lowest BCUT2D eigenvalue weighted by Crippen LogP contribution is -2.26. The van der Waals surface area contributed by atoms with E-state index in [1.54, 1.807) is 78.9 Å². The fourth-order valence-corrected chi connectivity index (χ4v) is 13.8. The molecule has 0 aliphatic heterocycles. The Morgan fingerprint density at radius 1 is 0.459 bits per heavy atom. The standard InChI is InChI=1S/C21H21ClN4O4S2.C16H15Cl2NO4S.C16H16ClNO2.C8H7ClO3.C8H11N.C5H7N3S.ClHO3S/c1-30-18-9-6-15(22)12-17(18)19(27)23-11-10-13-2-7-16(8-3-13)32(28,29)26-21-25-24-20(31-21)14-4-5-14;1-23-15-7-4-12(17)10-14(15)16(20)19-9-8-11-2-5-13(6-3-11)24(18,21)22;1-20-15-8-7-13(17)11-14(15)16(19)18-10-9-12-5-3-2-4-6-12;1-12-7-3-2-5(9)4-6(7)8(10)11;9-7-6-8-4-2-1-3-5-8;6-5-8-7-4(9-5)3-1-2-3;1-5(2,3)4/h2-3,6-9,12,14H,4-5,10-11H2,1H3,(H,23,27)(H,25,26);2-7,10H,8-9H2,1H3,(H,19,20);2-8,11H,9-10H2,1H3,(H,18,19);2-4H,1H3,(H,10,11);1-5H,6-7,9H2;3H,1-2H2,(H2,6,8);(H,2,3,4). The number of aromatic nitrogens is 4. The van der Waals surface area contributed by atoms with Crippen molar-refractivity contribution in [3.63, 3.8) is 0 Å². The Labute approximate surface area is 680 Å². The number of nitrogens with zero attached hydrogens (tertiary/aromatic N) is 4. The van der Waals surface area contributed by atoms with Gasteiger partial charge in [0.1, 0.15) is 38.6 Å². The number of nitrogens with two attached hydrogens (primary N) is 2. The van der Waals surface area contributed by atoms with E-state index in [0.717, 1.165) is 53.4 Å². The Kier molecular flexibility index (Phi) is 37.3. The van der Waals surface area contributed by atoms with Gasteiger partial charge in [0.25, 0.3) is 36.8 Å². The van der Waals surface area contributed by atoms with E-state index in [9.17, 15) is 36.0 Å². The monoisotopic (exact) mass is 1730 g/mol. The lowest BCUT2D eigenvalue weighted by Gasteiger charge is -2.10. The van der Waals surface area contributed by atoms with Crippen molar-refractivity contribution in [1.82, 2.24) is 36.3 Å². The van der Waals surface area contributed by atoms with Gasteiger partial charge in [0.05, 0.1) is 54.9 Å². The Morgan fingerprint density at radius 3 is 1.11 bits per heavy atom. The molecular formula is C74H78Cl6N10O16S5. The highest BCUT2D eigenvalue weighted by Gasteiger charge is 2.29. The minimum atomic E-state index is -4.19. The number of rotatable bonds is 25. The van der Waals surface area contributed by atoms with Crippen LogP contribution in [0.1, 0.15) is 111 Å². The van der Waals surface area contributed by atoms with Crippen molar-refractivity contribution in [1.29, 1.82) is 0 Å². The lowest BCUT2D eigenvalue weighted by atomic mass is 10.1. The molecule has 8 aromatic carbocycles. The smallest absolute Gasteiger partial charge is 0.353 e. The molecule has 2 fully saturated rings. The molecule has 111 heavy (non-hydrogen) atoms. The maximum Gasteiger partial charge on any atom is 0.353 e. The summed E-state index contributed by atoms with van der Waals surface area (Å²) in [6.45, 7) is 2.05. The first kappa shape index (κ1) is 91.0. The first-order chi connectivity index (χ1) is 52.8. The van der Waals surface area contributed by atoms with Crippen molar-refractivity contribution in [2.45, 2.75) is 73.0 Å². The van der Waals surface area contributed by atoms with Crippen molar-refractivity contribution in [2.24, 2.45) is 5.73 Å². The summed E-state index contributed by atoms with van der Waals surface area (Å²) in [5.74, 6) is 1.00. The number of nitrogens with one attached hydrogen (secondary N) is 4. The third-order valence-electron chi connectivity index (χ3n) is 15.2. The van der Waals surface area contributed by atoms with E-state index >= 15 is 0 Å². The molecule has 12 rings (SSSR count). The number of hydrogen-bond donors (Lipinski definition) is 8. The first-order valence-corrected chi connectivity index (χ1v) is 42.5. The largest absolute Gasteiger partial charge is 0.496 e. The van der Waals surface area contributed by atoms with Crippen LogP contribution in [0.2, 0.25) is 20.1 Å². The molecule has 2 saturated carbocycles. The second-order valence-corrected chi connectivity index (χ2v) is 33.5. The molecule has 10 N–H and O–H groups in total. The maximum atomic E-state index is 12.6. The van der Waals surface area contributed by atoms with Crippen LogP contribution in [0.15, 0.2) is 192 Å². The van der Waals surface area contributed by atoms with Gasteiger partial charge in [-0.3, -0.25) is 23.7 Å². The predicted molar refractivity (Wildman–Crippen MR) is 435 cm³/mol. The zero-order chi connectivity index (χ0) is 81.3. The van der Waals surface area contributed by atoms with E-state index in [1.165, 1.54) is 118 Å². The molecule has 0 unspecified atom stereocenters. The number of sulfonamides is 1. The molecule has 0 radical (unpaired) electrons. The quantitative estimate of drug-likeness (QED) is 0.0195. The molecule has 37 heteroatoms. The number of carboxylic acid groups (broad SMARTS) is 1. The van der Waals surface area contributed by atoms with Gasteiger partial charge in [0.2, 0.25) is 10.3 Å². The van der Waals surface area contributed by atoms with Gasteiger partial charge in [-0.1, -0.05) is 154 Å². The van der Waals surface area contributed by atoms with E-state index in [-0.39, 0.29) is 38.2 Å². The van der Waals surface area contributed by atoms with Gasteiger partial charge >= 0.3 is 15.3 Å². The first-order valence-electron chi connectivity index (χ1n) is 33.3. The van der Waals surface area contributed by atoms with E-state index in [0.29, 0.717) is 109 Å². The van der Waals surface area contributed by atoms with Crippen LogP contribution in [-0.2, 0) is 54.1 Å². The Balaban J connectivity index is 0.000000216. The number of halogens is 6. The second-order valence-electron chi connectivity index (χ2n) is 23.4. The van der Waals surface area contributed by atoms with Crippen LogP contribution < -0.4 is 51.1 Å². The average molecular weight is 1740 g/mol. The van der Waals surface area contributed by atoms with Gasteiger partial charge in [0.15, 0.2) is 0 Å². The summed E-state index contributed by atoms with van der Waals surface area (Å²) in [4.78, 5) is 47.5. The predicted octanol–water partition coefficient (Wildman–Crippen LogP) is 14.7. The van der Waals surface area contributed by atoms with Gasteiger partial charge in [-0.2, -0.15) is 8.42 Å². The minimum Gasteiger partial charge on any atom is -0.496 e. The van der Waals surface area contributed by atoms with Crippen LogP contribution in [0.25, 0.3) is 0 Å². The summed E-state index contributed by atoms with van der Waals surface area (Å²) in [5, 5.41) is 37.4. The van der Waals surface area contributed by atoms with Crippen LogP contribution in [0.3, 0.4) is 0 Å². The van der Waals surface area contributed by atoms with Gasteiger partial charge in [-0.05, 0) is 177 Å². The number of carbonyl (C=O) groups excluding carboxylic acids is 3. The molecular weight excluding hydrogens is 1660 g/mol. The van der Waals surface area contributed by atoms with E-state index in [2.05, 4.69) is 63.9 Å². The zero-order valence-corrected chi connectivity index (χ0v) is 68.4. The number of hydrogen-bond acceptors (Lipinski definition) is 22. The maximum absolute atomic E-state index is 12.6. The molecule has 0 spiro atoms. The van der Waals surface area contributed by atoms with Gasteiger partial charge in [-0.25, -0.2) is 21.6 Å². The molecule has 0 saturated heterocycles. The summed E-state index contributed by atoms with van der Waals surface area (Å²) < 4.78 is 95.5. The molecule has 2 aliphatic rings. The highest BCUT2D eigenvalue weighted by Crippen LogP contribution is 2.43. The Morgan fingerprint density at radius 2 is 0.784 bits per heavy atom. The summed E-state index contributed by atoms with van der Waals surface area (Å²) in [7, 11) is 3.57. The normalized spacial score (nSPS) is 11.9. The number of amides is 3. The van der Waals surface area contributed by atoms with Crippen LogP contribution in [-0.4, -0.2) is 134 Å². The topological polar surface area (TPSA) is 400 Å². The molecule has 0 atom stereocenters. The van der Waals surface area contributed by atoms with E-state index in [1.807, 2.05) is 48.5 Å². The van der Waals surface area contributed by atoms with Crippen molar-refractivity contribution in [3.8, 4) is 23.0 Å². The van der Waals surface area contributed by atoms with Crippen molar-refractivity contribution < 1.29 is 73.0 Å². The van der Waals surface area contributed by atoms with Gasteiger partial charge in [-0.15, -0.1) is 20.4 Å². The van der Waals surface area contributed by atoms with Crippen molar-refractivity contribution in [3.05, 3.63) is 257 Å². The number of methoxy groups -OCH3 is 4. The third kappa shape index (κ3) is 33.1. The number of benzene rings is 8. The number of carboxylic acids is 1. The van der Waals surface area contributed by atoms with Gasteiger partial charge in [0, 0.05) is 72.9 Å². The zero-order valence-electron chi connectivity index (χ0n) is 59.8.